The molecule has 1 rings (SSSR count). The van der Waals surface area contributed by atoms with E-state index in [4.69, 9.17) is 5.11 Å². The molecule has 3 nitrogen and oxygen atoms in total. The lowest BCUT2D eigenvalue weighted by Crippen LogP contribution is -1.66. The van der Waals surface area contributed by atoms with Gasteiger partial charge in [-0.2, -0.15) is 4.98 Å². The van der Waals surface area contributed by atoms with Gasteiger partial charge >= 0.3 is 0 Å². The van der Waals surface area contributed by atoms with Crippen LogP contribution in [0.5, 0.6) is 5.88 Å². The molecular weight excluding hydrogens is 172 g/mol. The van der Waals surface area contributed by atoms with E-state index >= 15 is 0 Å². The number of hydrogen-bond donors (Lipinski definition) is 2. The molecule has 0 radical (unpaired) electrons. The van der Waals surface area contributed by atoms with Gasteiger partial charge < -0.3 is 10.1 Å². The van der Waals surface area contributed by atoms with Gasteiger partial charge in [-0.15, -0.1) is 0 Å². The van der Waals surface area contributed by atoms with Gasteiger partial charge in [-0.05, 0) is 22.9 Å². The van der Waals surface area contributed by atoms with E-state index in [1.54, 1.807) is 6.92 Å². The number of nitrogens with zero attached hydrogens (tertiary/aromatic N) is 1. The number of aryl methyl sites for hydroxylation is 1. The Bertz CT molecular complexity index is 176. The van der Waals surface area contributed by atoms with Crippen LogP contribution in [0.15, 0.2) is 4.73 Å². The molecule has 1 aromatic heterocycles. The van der Waals surface area contributed by atoms with Gasteiger partial charge in [-0.3, -0.25) is 0 Å². The summed E-state index contributed by atoms with van der Waals surface area (Å²) in [5.41, 5.74) is 0.678. The first-order valence-corrected chi connectivity index (χ1v) is 2.90. The molecule has 2 N–H and O–H groups in total. The third-order valence-electron chi connectivity index (χ3n) is 0.830. The van der Waals surface area contributed by atoms with Crippen molar-refractivity contribution in [2.24, 2.45) is 0 Å². The molecule has 0 bridgehead atoms. The summed E-state index contributed by atoms with van der Waals surface area (Å²) in [6.07, 6.45) is 0. The van der Waals surface area contributed by atoms with Gasteiger partial charge in [0, 0.05) is 0 Å². The van der Waals surface area contributed by atoms with Crippen molar-refractivity contribution in [2.75, 3.05) is 0 Å². The molecule has 0 amide bonds. The molecule has 0 spiro atoms. The number of imidazole rings is 1. The van der Waals surface area contributed by atoms with Crippen LogP contribution in [-0.2, 0) is 0 Å². The summed E-state index contributed by atoms with van der Waals surface area (Å²) in [4.78, 5) is 6.39. The Labute approximate surface area is 54.9 Å². The molecule has 0 saturated carbocycles. The second kappa shape index (κ2) is 1.78. The fourth-order valence-corrected chi connectivity index (χ4v) is 0.881. The van der Waals surface area contributed by atoms with Gasteiger partial charge in [0.1, 0.15) is 0 Å². The van der Waals surface area contributed by atoms with Crippen LogP contribution in [0.1, 0.15) is 5.69 Å². The molecule has 0 saturated heterocycles. The number of aromatic nitrogens is 2. The lowest BCUT2D eigenvalue weighted by Gasteiger charge is -1.78. The fraction of sp³-hybridized carbons (Fsp3) is 0.250. The first kappa shape index (κ1) is 5.62. The molecule has 44 valence electrons. The molecule has 0 aromatic carbocycles. The molecule has 8 heavy (non-hydrogen) atoms. The van der Waals surface area contributed by atoms with E-state index in [0.29, 0.717) is 10.4 Å². The van der Waals surface area contributed by atoms with Crippen LogP contribution in [-0.4, -0.2) is 15.1 Å². The predicted octanol–water partition coefficient (Wildman–Crippen LogP) is 1.19. The highest BCUT2D eigenvalue weighted by Gasteiger charge is 1.98. The van der Waals surface area contributed by atoms with Crippen LogP contribution in [0, 0.1) is 6.92 Å². The highest BCUT2D eigenvalue weighted by atomic mass is 79.9. The van der Waals surface area contributed by atoms with E-state index in [-0.39, 0.29) is 5.88 Å². The monoisotopic (exact) mass is 176 g/mol. The van der Waals surface area contributed by atoms with Crippen molar-refractivity contribution in [1.29, 1.82) is 0 Å². The number of aromatic hydroxyl groups is 1. The molecular formula is C4H5BrN2O. The summed E-state index contributed by atoms with van der Waals surface area (Å²) in [5, 5.41) is 8.77. The van der Waals surface area contributed by atoms with E-state index in [0.717, 1.165) is 0 Å². The summed E-state index contributed by atoms with van der Waals surface area (Å²) < 4.78 is 0.563. The molecule has 1 aromatic rings. The van der Waals surface area contributed by atoms with E-state index < -0.39 is 0 Å². The molecule has 0 aliphatic heterocycles. The number of rotatable bonds is 0. The van der Waals surface area contributed by atoms with Crippen LogP contribution in [0.3, 0.4) is 0 Å². The lowest BCUT2D eigenvalue weighted by atomic mass is 10.5. The normalized spacial score (nSPS) is 9.75. The molecule has 0 unspecified atom stereocenters. The van der Waals surface area contributed by atoms with E-state index in [1.165, 1.54) is 0 Å². The smallest absolute Gasteiger partial charge is 0.233 e. The first-order chi connectivity index (χ1) is 3.70. The summed E-state index contributed by atoms with van der Waals surface area (Å²) in [6, 6.07) is 0. The summed E-state index contributed by atoms with van der Waals surface area (Å²) >= 11 is 3.06. The molecule has 0 fully saturated rings. The highest BCUT2D eigenvalue weighted by molar-refractivity contribution is 9.10. The minimum Gasteiger partial charge on any atom is -0.492 e. The van der Waals surface area contributed by atoms with E-state index in [1.807, 2.05) is 0 Å². The van der Waals surface area contributed by atoms with Crippen LogP contribution in [0.25, 0.3) is 0 Å². The molecule has 0 atom stereocenters. The highest BCUT2D eigenvalue weighted by Crippen LogP contribution is 2.14. The van der Waals surface area contributed by atoms with Gasteiger partial charge in [0.05, 0.1) is 5.69 Å². The van der Waals surface area contributed by atoms with Crippen molar-refractivity contribution in [3.63, 3.8) is 0 Å². The number of nitrogens with one attached hydrogen (secondary N) is 1. The third-order valence-corrected chi connectivity index (χ3v) is 1.21. The van der Waals surface area contributed by atoms with Crippen molar-refractivity contribution >= 4 is 15.9 Å². The second-order valence-corrected chi connectivity index (χ2v) is 2.23. The van der Waals surface area contributed by atoms with Crippen molar-refractivity contribution in [2.45, 2.75) is 6.92 Å². The Morgan fingerprint density at radius 2 is 2.38 bits per heavy atom. The average molecular weight is 177 g/mol. The number of aromatic amines is 1. The second-order valence-electron chi connectivity index (χ2n) is 1.48. The van der Waals surface area contributed by atoms with Crippen molar-refractivity contribution in [3.8, 4) is 5.88 Å². The number of hydrogen-bond acceptors (Lipinski definition) is 2. The standard InChI is InChI=1S/C4H5BrN2O/c1-2-3(8)7-4(5)6-2/h8H,1H3,(H,6,7). The Morgan fingerprint density at radius 1 is 1.75 bits per heavy atom. The minimum atomic E-state index is 0.0527. The van der Waals surface area contributed by atoms with Crippen molar-refractivity contribution in [3.05, 3.63) is 10.4 Å². The van der Waals surface area contributed by atoms with Crippen LogP contribution in [0.2, 0.25) is 0 Å². The van der Waals surface area contributed by atoms with Gasteiger partial charge in [-0.25, -0.2) is 0 Å². The average Bonchev–Trinajstić information content (AvgIpc) is 1.85. The van der Waals surface area contributed by atoms with Gasteiger partial charge in [0.15, 0.2) is 4.73 Å². The van der Waals surface area contributed by atoms with Gasteiger partial charge in [-0.1, -0.05) is 0 Å². The molecule has 0 aliphatic rings. The summed E-state index contributed by atoms with van der Waals surface area (Å²) in [7, 11) is 0. The number of H-pyrrole nitrogens is 1. The van der Waals surface area contributed by atoms with E-state index in [2.05, 4.69) is 25.9 Å². The van der Waals surface area contributed by atoms with Gasteiger partial charge in [0.2, 0.25) is 5.88 Å². The predicted molar refractivity (Wildman–Crippen MR) is 32.7 cm³/mol. The maximum Gasteiger partial charge on any atom is 0.233 e. The summed E-state index contributed by atoms with van der Waals surface area (Å²) in [5.74, 6) is 0.0527. The first-order valence-electron chi connectivity index (χ1n) is 2.11. The van der Waals surface area contributed by atoms with Crippen molar-refractivity contribution < 1.29 is 5.11 Å². The Hall–Kier alpha value is -0.510. The maximum absolute atomic E-state index is 8.77. The largest absolute Gasteiger partial charge is 0.492 e. The lowest BCUT2D eigenvalue weighted by molar-refractivity contribution is 0.452. The quantitative estimate of drug-likeness (QED) is 0.625. The molecule has 4 heteroatoms. The fourth-order valence-electron chi connectivity index (χ4n) is 0.415. The van der Waals surface area contributed by atoms with E-state index in [9.17, 15) is 0 Å². The van der Waals surface area contributed by atoms with Crippen LogP contribution < -0.4 is 0 Å². The molecule has 0 aliphatic carbocycles. The maximum atomic E-state index is 8.77. The topological polar surface area (TPSA) is 48.9 Å². The van der Waals surface area contributed by atoms with Crippen LogP contribution >= 0.6 is 15.9 Å². The Kier molecular flexibility index (Phi) is 1.25. The minimum absolute atomic E-state index is 0.0527. The zero-order valence-corrected chi connectivity index (χ0v) is 5.86. The molecule has 1 heterocycles. The zero-order valence-electron chi connectivity index (χ0n) is 4.27. The van der Waals surface area contributed by atoms with Crippen molar-refractivity contribution in [1.82, 2.24) is 9.97 Å². The zero-order chi connectivity index (χ0) is 6.15. The SMILES string of the molecule is Cc1[nH]c(Br)nc1O. The summed E-state index contributed by atoms with van der Waals surface area (Å²) in [6.45, 7) is 1.74. The van der Waals surface area contributed by atoms with Crippen LogP contribution in [0.4, 0.5) is 0 Å². The van der Waals surface area contributed by atoms with Gasteiger partial charge in [0.25, 0.3) is 0 Å². The Balaban J connectivity index is 3.14. The Morgan fingerprint density at radius 3 is 2.50 bits per heavy atom. The third kappa shape index (κ3) is 0.838. The number of halogens is 1.